The predicted molar refractivity (Wildman–Crippen MR) is 138 cm³/mol. The number of nitrogens with one attached hydrogen (secondary N) is 2. The van der Waals surface area contributed by atoms with Gasteiger partial charge in [0.05, 0.1) is 5.56 Å². The van der Waals surface area contributed by atoms with Crippen molar-refractivity contribution < 1.29 is 9.59 Å². The van der Waals surface area contributed by atoms with E-state index >= 15 is 0 Å². The Morgan fingerprint density at radius 1 is 0.971 bits per heavy atom. The molecule has 2 aliphatic heterocycles. The fourth-order valence-electron chi connectivity index (χ4n) is 4.94. The molecule has 2 heterocycles. The minimum Gasteiger partial charge on any atom is -0.368 e. The second-order valence-electron chi connectivity index (χ2n) is 9.60. The molecule has 0 radical (unpaired) electrons. The molecule has 34 heavy (non-hydrogen) atoms. The molecule has 0 aliphatic carbocycles. The fourth-order valence-corrected chi connectivity index (χ4v) is 5.07. The Morgan fingerprint density at radius 3 is 2.26 bits per heavy atom. The first-order valence-electron chi connectivity index (χ1n) is 12.3. The van der Waals surface area contributed by atoms with E-state index in [9.17, 15) is 9.59 Å². The van der Waals surface area contributed by atoms with Gasteiger partial charge in [-0.2, -0.15) is 0 Å². The molecule has 0 spiro atoms. The van der Waals surface area contributed by atoms with E-state index in [0.717, 1.165) is 49.7 Å². The van der Waals surface area contributed by atoms with E-state index < -0.39 is 6.04 Å². The third kappa shape index (κ3) is 5.73. The van der Waals surface area contributed by atoms with E-state index in [-0.39, 0.29) is 17.7 Å². The average Bonchev–Trinajstić information content (AvgIpc) is 2.87. The third-order valence-electron chi connectivity index (χ3n) is 6.97. The van der Waals surface area contributed by atoms with Crippen molar-refractivity contribution in [3.05, 3.63) is 64.7 Å². The number of carbonyl (C=O) groups is 2. The Labute approximate surface area is 207 Å². The number of rotatable bonds is 6. The van der Waals surface area contributed by atoms with Gasteiger partial charge in [0.2, 0.25) is 5.91 Å². The minimum atomic E-state index is -0.546. The molecular weight excluding hydrogens is 448 g/mol. The molecule has 0 bridgehead atoms. The van der Waals surface area contributed by atoms with Crippen LogP contribution in [0.1, 0.15) is 48.5 Å². The fraction of sp³-hybridized carbons (Fsp3) is 0.481. The first-order valence-corrected chi connectivity index (χ1v) is 12.7. The van der Waals surface area contributed by atoms with Gasteiger partial charge in [0.25, 0.3) is 5.91 Å². The number of amides is 2. The average molecular weight is 483 g/mol. The number of para-hydroxylation sites is 1. The highest BCUT2D eigenvalue weighted by molar-refractivity contribution is 6.30. The molecule has 6 nitrogen and oxygen atoms in total. The Morgan fingerprint density at radius 2 is 1.62 bits per heavy atom. The standard InChI is InChI=1S/C27H35ClN4O2/c1-19(2)25(27(34)32-15-11-21(12-16-32)20-7-9-22(28)10-8-20)30-26(33)23-5-3-4-6-24(23)31-17-13-29-14-18-31/h3-10,19,21,25,29H,11-18H2,1-2H3,(H,30,33)/t25-/m1/s1. The quantitative estimate of drug-likeness (QED) is 0.655. The molecule has 0 aromatic heterocycles. The Bertz CT molecular complexity index is 980. The maximum Gasteiger partial charge on any atom is 0.254 e. The van der Waals surface area contributed by atoms with Gasteiger partial charge in [-0.05, 0) is 54.5 Å². The van der Waals surface area contributed by atoms with Crippen molar-refractivity contribution in [3.8, 4) is 0 Å². The molecule has 182 valence electrons. The first kappa shape index (κ1) is 24.6. The summed E-state index contributed by atoms with van der Waals surface area (Å²) < 4.78 is 0. The highest BCUT2D eigenvalue weighted by Gasteiger charge is 2.32. The van der Waals surface area contributed by atoms with Gasteiger partial charge in [-0.25, -0.2) is 0 Å². The normalized spacial score (nSPS) is 18.1. The summed E-state index contributed by atoms with van der Waals surface area (Å²) in [5.74, 6) is 0.255. The van der Waals surface area contributed by atoms with Gasteiger partial charge in [-0.15, -0.1) is 0 Å². The van der Waals surface area contributed by atoms with Crippen molar-refractivity contribution in [2.75, 3.05) is 44.2 Å². The van der Waals surface area contributed by atoms with Crippen molar-refractivity contribution in [2.24, 2.45) is 5.92 Å². The van der Waals surface area contributed by atoms with Gasteiger partial charge < -0.3 is 20.4 Å². The van der Waals surface area contributed by atoms with E-state index in [4.69, 9.17) is 11.6 Å². The van der Waals surface area contributed by atoms with E-state index in [1.165, 1.54) is 5.56 Å². The molecule has 2 fully saturated rings. The van der Waals surface area contributed by atoms with E-state index in [0.29, 0.717) is 24.6 Å². The summed E-state index contributed by atoms with van der Waals surface area (Å²) in [6, 6.07) is 15.2. The van der Waals surface area contributed by atoms with Crippen LogP contribution in [0.2, 0.25) is 5.02 Å². The number of likely N-dealkylation sites (tertiary alicyclic amines) is 1. The van der Waals surface area contributed by atoms with Crippen molar-refractivity contribution in [2.45, 2.75) is 38.6 Å². The second kappa shape index (κ2) is 11.2. The Kier molecular flexibility index (Phi) is 8.11. The summed E-state index contributed by atoms with van der Waals surface area (Å²) in [6.07, 6.45) is 1.83. The number of hydrogen-bond donors (Lipinski definition) is 2. The molecule has 2 saturated heterocycles. The van der Waals surface area contributed by atoms with Crippen LogP contribution in [0.15, 0.2) is 48.5 Å². The summed E-state index contributed by atoms with van der Waals surface area (Å²) in [5.41, 5.74) is 2.83. The zero-order valence-electron chi connectivity index (χ0n) is 20.1. The van der Waals surface area contributed by atoms with E-state index in [1.54, 1.807) is 0 Å². The van der Waals surface area contributed by atoms with Crippen LogP contribution in [0.5, 0.6) is 0 Å². The van der Waals surface area contributed by atoms with Gasteiger partial charge in [0.1, 0.15) is 6.04 Å². The number of piperidine rings is 1. The molecule has 2 aromatic rings. The van der Waals surface area contributed by atoms with Gasteiger partial charge in [0, 0.05) is 50.0 Å². The molecule has 0 unspecified atom stereocenters. The third-order valence-corrected chi connectivity index (χ3v) is 7.23. The lowest BCUT2D eigenvalue weighted by molar-refractivity contribution is -0.135. The maximum absolute atomic E-state index is 13.5. The van der Waals surface area contributed by atoms with Crippen molar-refractivity contribution in [1.82, 2.24) is 15.5 Å². The SMILES string of the molecule is CC(C)[C@@H](NC(=O)c1ccccc1N1CCNCC1)C(=O)N1CCC(c2ccc(Cl)cc2)CC1. The van der Waals surface area contributed by atoms with Crippen LogP contribution in [0.4, 0.5) is 5.69 Å². The number of halogens is 1. The summed E-state index contributed by atoms with van der Waals surface area (Å²) in [7, 11) is 0. The zero-order valence-corrected chi connectivity index (χ0v) is 20.9. The van der Waals surface area contributed by atoms with Gasteiger partial charge in [0.15, 0.2) is 0 Å². The predicted octanol–water partition coefficient (Wildman–Crippen LogP) is 3.91. The highest BCUT2D eigenvalue weighted by atomic mass is 35.5. The van der Waals surface area contributed by atoms with Crippen LogP contribution >= 0.6 is 11.6 Å². The molecular formula is C27H35ClN4O2. The molecule has 7 heteroatoms. The summed E-state index contributed by atoms with van der Waals surface area (Å²) >= 11 is 6.03. The number of nitrogens with zero attached hydrogens (tertiary/aromatic N) is 2. The monoisotopic (exact) mass is 482 g/mol. The lowest BCUT2D eigenvalue weighted by Gasteiger charge is -2.36. The van der Waals surface area contributed by atoms with E-state index in [1.807, 2.05) is 55.1 Å². The molecule has 0 saturated carbocycles. The first-order chi connectivity index (χ1) is 16.4. The molecule has 2 N–H and O–H groups in total. The van der Waals surface area contributed by atoms with Crippen molar-refractivity contribution in [1.29, 1.82) is 0 Å². The molecule has 2 aliphatic rings. The van der Waals surface area contributed by atoms with Gasteiger partial charge in [-0.1, -0.05) is 49.7 Å². The van der Waals surface area contributed by atoms with Crippen LogP contribution in [0.25, 0.3) is 0 Å². The van der Waals surface area contributed by atoms with Crippen LogP contribution in [0, 0.1) is 5.92 Å². The number of carbonyl (C=O) groups excluding carboxylic acids is 2. The van der Waals surface area contributed by atoms with E-state index in [2.05, 4.69) is 27.7 Å². The molecule has 2 amide bonds. The number of anilines is 1. The summed E-state index contributed by atoms with van der Waals surface area (Å²) in [5, 5.41) is 7.16. The summed E-state index contributed by atoms with van der Waals surface area (Å²) in [4.78, 5) is 30.9. The molecule has 2 aromatic carbocycles. The molecule has 4 rings (SSSR count). The highest BCUT2D eigenvalue weighted by Crippen LogP contribution is 2.29. The van der Waals surface area contributed by atoms with Crippen molar-refractivity contribution >= 4 is 29.1 Å². The molecule has 1 atom stereocenters. The van der Waals surface area contributed by atoms with Gasteiger partial charge in [-0.3, -0.25) is 9.59 Å². The lowest BCUT2D eigenvalue weighted by atomic mass is 9.89. The van der Waals surface area contributed by atoms with Crippen LogP contribution in [0.3, 0.4) is 0 Å². The lowest BCUT2D eigenvalue weighted by Crippen LogP contribution is -2.53. The minimum absolute atomic E-state index is 0.00297. The van der Waals surface area contributed by atoms with Crippen LogP contribution in [-0.2, 0) is 4.79 Å². The van der Waals surface area contributed by atoms with Crippen molar-refractivity contribution in [3.63, 3.8) is 0 Å². The zero-order chi connectivity index (χ0) is 24.1. The number of hydrogen-bond acceptors (Lipinski definition) is 4. The maximum atomic E-state index is 13.5. The topological polar surface area (TPSA) is 64.7 Å². The van der Waals surface area contributed by atoms with Crippen LogP contribution in [-0.4, -0.2) is 62.0 Å². The van der Waals surface area contributed by atoms with Gasteiger partial charge >= 0.3 is 0 Å². The number of piperazine rings is 1. The Hall–Kier alpha value is -2.57. The Balaban J connectivity index is 1.41. The smallest absolute Gasteiger partial charge is 0.254 e. The largest absolute Gasteiger partial charge is 0.368 e. The number of benzene rings is 2. The van der Waals surface area contributed by atoms with Crippen LogP contribution < -0.4 is 15.5 Å². The second-order valence-corrected chi connectivity index (χ2v) is 10.0. The summed E-state index contributed by atoms with van der Waals surface area (Å²) in [6.45, 7) is 8.89.